The van der Waals surface area contributed by atoms with E-state index in [0.29, 0.717) is 5.56 Å². The summed E-state index contributed by atoms with van der Waals surface area (Å²) >= 11 is 0. The number of ketones is 1. The van der Waals surface area contributed by atoms with Crippen LogP contribution in [-0.2, 0) is 0 Å². The van der Waals surface area contributed by atoms with E-state index in [-0.39, 0.29) is 5.78 Å². The third-order valence-corrected chi connectivity index (χ3v) is 1.69. The van der Waals surface area contributed by atoms with E-state index in [4.69, 9.17) is 5.11 Å². The highest BCUT2D eigenvalue weighted by atomic mass is 16.3. The lowest BCUT2D eigenvalue weighted by Crippen LogP contribution is -1.94. The van der Waals surface area contributed by atoms with Crippen LogP contribution in [0.1, 0.15) is 29.8 Å². The fraction of sp³-hybridized carbons (Fsp3) is 0.250. The minimum Gasteiger partial charge on any atom is -0.381 e. The van der Waals surface area contributed by atoms with Gasteiger partial charge in [-0.15, -0.1) is 0 Å². The van der Waals surface area contributed by atoms with Crippen molar-refractivity contribution in [1.29, 1.82) is 0 Å². The number of aliphatic hydroxyl groups excluding tert-OH is 1. The van der Waals surface area contributed by atoms with Gasteiger partial charge in [-0.2, -0.15) is 0 Å². The Kier molecular flexibility index (Phi) is 3.44. The van der Waals surface area contributed by atoms with Crippen molar-refractivity contribution in [3.63, 3.8) is 0 Å². The summed E-state index contributed by atoms with van der Waals surface area (Å²) in [6, 6.07) is 7.05. The Morgan fingerprint density at radius 2 is 2.21 bits per heavy atom. The fourth-order valence-corrected chi connectivity index (χ4v) is 1.00. The van der Waals surface area contributed by atoms with Crippen LogP contribution < -0.4 is 0 Å². The summed E-state index contributed by atoms with van der Waals surface area (Å²) in [5, 5.41) is 8.95. The molecule has 0 aliphatic rings. The predicted octanol–water partition coefficient (Wildman–Crippen LogP) is 1.62. The maximum atomic E-state index is 11.0. The number of carbonyl (C=O) groups excluding carboxylic acids is 1. The second-order valence-electron chi connectivity index (χ2n) is 3.08. The summed E-state index contributed by atoms with van der Waals surface area (Å²) in [5.41, 5.74) is 1.39. The monoisotopic (exact) mass is 188 g/mol. The third kappa shape index (κ3) is 3.04. The Hall–Kier alpha value is -1.59. The molecular weight excluding hydrogens is 176 g/mol. The van der Waals surface area contributed by atoms with Crippen LogP contribution in [0, 0.1) is 11.8 Å². The molecule has 2 heteroatoms. The zero-order chi connectivity index (χ0) is 10.6. The highest BCUT2D eigenvalue weighted by Gasteiger charge is 1.98. The second kappa shape index (κ2) is 4.59. The first-order valence-corrected chi connectivity index (χ1v) is 4.40. The SMILES string of the molecule is CC(=O)c1cccc(C#CC(C)O)c1. The highest BCUT2D eigenvalue weighted by molar-refractivity contribution is 5.94. The van der Waals surface area contributed by atoms with Gasteiger partial charge < -0.3 is 5.11 Å². The van der Waals surface area contributed by atoms with Gasteiger partial charge in [0.15, 0.2) is 5.78 Å². The van der Waals surface area contributed by atoms with E-state index in [1.165, 1.54) is 6.92 Å². The molecule has 1 N–H and O–H groups in total. The standard InChI is InChI=1S/C12H12O2/c1-9(13)6-7-11-4-3-5-12(8-11)10(2)14/h3-5,8-9,13H,1-2H3. The van der Waals surface area contributed by atoms with Gasteiger partial charge in [0.2, 0.25) is 0 Å². The van der Waals surface area contributed by atoms with Crippen molar-refractivity contribution in [3.05, 3.63) is 35.4 Å². The molecule has 0 radical (unpaired) electrons. The zero-order valence-electron chi connectivity index (χ0n) is 8.24. The van der Waals surface area contributed by atoms with Gasteiger partial charge in [-0.1, -0.05) is 24.0 Å². The molecule has 0 bridgehead atoms. The molecule has 0 amide bonds. The van der Waals surface area contributed by atoms with Gasteiger partial charge >= 0.3 is 0 Å². The van der Waals surface area contributed by atoms with Crippen LogP contribution in [0.4, 0.5) is 0 Å². The van der Waals surface area contributed by atoms with Crippen molar-refractivity contribution in [2.24, 2.45) is 0 Å². The topological polar surface area (TPSA) is 37.3 Å². The number of benzene rings is 1. The number of carbonyl (C=O) groups is 1. The highest BCUT2D eigenvalue weighted by Crippen LogP contribution is 2.04. The summed E-state index contributed by atoms with van der Waals surface area (Å²) in [5.74, 6) is 5.43. The summed E-state index contributed by atoms with van der Waals surface area (Å²) < 4.78 is 0. The Morgan fingerprint density at radius 1 is 1.50 bits per heavy atom. The average molecular weight is 188 g/mol. The molecule has 0 saturated heterocycles. The Bertz CT molecular complexity index is 394. The number of rotatable bonds is 1. The first-order chi connectivity index (χ1) is 6.59. The molecule has 1 aromatic carbocycles. The molecule has 0 saturated carbocycles. The van der Waals surface area contributed by atoms with Crippen molar-refractivity contribution in [2.45, 2.75) is 20.0 Å². The van der Waals surface area contributed by atoms with Gasteiger partial charge in [-0.25, -0.2) is 0 Å². The molecule has 0 spiro atoms. The molecular formula is C12H12O2. The first-order valence-electron chi connectivity index (χ1n) is 4.40. The van der Waals surface area contributed by atoms with Gasteiger partial charge in [-0.3, -0.25) is 4.79 Å². The van der Waals surface area contributed by atoms with Crippen molar-refractivity contribution in [2.75, 3.05) is 0 Å². The first kappa shape index (κ1) is 10.5. The molecule has 0 aliphatic heterocycles. The molecule has 1 atom stereocenters. The van der Waals surface area contributed by atoms with Crippen molar-refractivity contribution in [3.8, 4) is 11.8 Å². The zero-order valence-corrected chi connectivity index (χ0v) is 8.24. The van der Waals surface area contributed by atoms with Crippen molar-refractivity contribution < 1.29 is 9.90 Å². The molecule has 0 fully saturated rings. The van der Waals surface area contributed by atoms with E-state index in [9.17, 15) is 4.79 Å². The molecule has 0 aliphatic carbocycles. The fourth-order valence-electron chi connectivity index (χ4n) is 1.00. The largest absolute Gasteiger partial charge is 0.381 e. The van der Waals surface area contributed by atoms with Crippen molar-refractivity contribution >= 4 is 5.78 Å². The Morgan fingerprint density at radius 3 is 2.79 bits per heavy atom. The molecule has 1 aromatic rings. The lowest BCUT2D eigenvalue weighted by Gasteiger charge is -1.95. The Labute approximate surface area is 83.6 Å². The molecule has 0 aromatic heterocycles. The van der Waals surface area contributed by atoms with Crippen LogP contribution >= 0.6 is 0 Å². The quantitative estimate of drug-likeness (QED) is 0.537. The number of Topliss-reactive ketones (excluding diaryl/α,β-unsaturated/α-hetero) is 1. The van der Waals surface area contributed by atoms with E-state index in [0.717, 1.165) is 5.56 Å². The van der Waals surface area contributed by atoms with Crippen LogP contribution in [0.25, 0.3) is 0 Å². The number of aliphatic hydroxyl groups is 1. The molecule has 1 rings (SSSR count). The third-order valence-electron chi connectivity index (χ3n) is 1.69. The smallest absolute Gasteiger partial charge is 0.159 e. The minimum atomic E-state index is -0.643. The summed E-state index contributed by atoms with van der Waals surface area (Å²) in [7, 11) is 0. The maximum absolute atomic E-state index is 11.0. The lowest BCUT2D eigenvalue weighted by atomic mass is 10.1. The van der Waals surface area contributed by atoms with Gasteiger partial charge in [0.25, 0.3) is 0 Å². The van der Waals surface area contributed by atoms with Crippen molar-refractivity contribution in [1.82, 2.24) is 0 Å². The van der Waals surface area contributed by atoms with Gasteiger partial charge in [0.05, 0.1) is 0 Å². The second-order valence-corrected chi connectivity index (χ2v) is 3.08. The van der Waals surface area contributed by atoms with E-state index < -0.39 is 6.10 Å². The average Bonchev–Trinajstić information content (AvgIpc) is 2.15. The van der Waals surface area contributed by atoms with Crippen LogP contribution in [-0.4, -0.2) is 17.0 Å². The number of hydrogen-bond acceptors (Lipinski definition) is 2. The molecule has 1 unspecified atom stereocenters. The van der Waals surface area contributed by atoms with Crippen LogP contribution in [0.5, 0.6) is 0 Å². The van der Waals surface area contributed by atoms with E-state index in [1.54, 1.807) is 25.1 Å². The van der Waals surface area contributed by atoms with E-state index in [2.05, 4.69) is 11.8 Å². The van der Waals surface area contributed by atoms with Crippen LogP contribution in [0.2, 0.25) is 0 Å². The minimum absolute atomic E-state index is 0.0192. The van der Waals surface area contributed by atoms with E-state index >= 15 is 0 Å². The molecule has 14 heavy (non-hydrogen) atoms. The Balaban J connectivity index is 2.96. The van der Waals surface area contributed by atoms with Crippen LogP contribution in [0.3, 0.4) is 0 Å². The summed E-state index contributed by atoms with van der Waals surface area (Å²) in [6.07, 6.45) is -0.643. The summed E-state index contributed by atoms with van der Waals surface area (Å²) in [6.45, 7) is 3.11. The van der Waals surface area contributed by atoms with E-state index in [1.807, 2.05) is 6.07 Å². The molecule has 0 heterocycles. The van der Waals surface area contributed by atoms with Gasteiger partial charge in [0, 0.05) is 11.1 Å². The van der Waals surface area contributed by atoms with Gasteiger partial charge in [-0.05, 0) is 26.0 Å². The number of hydrogen-bond donors (Lipinski definition) is 1. The molecule has 2 nitrogen and oxygen atoms in total. The lowest BCUT2D eigenvalue weighted by molar-refractivity contribution is 0.101. The molecule has 72 valence electrons. The normalized spacial score (nSPS) is 11.4. The summed E-state index contributed by atoms with van der Waals surface area (Å²) in [4.78, 5) is 11.0. The van der Waals surface area contributed by atoms with Crippen LogP contribution in [0.15, 0.2) is 24.3 Å². The maximum Gasteiger partial charge on any atom is 0.159 e. The van der Waals surface area contributed by atoms with Gasteiger partial charge in [0.1, 0.15) is 6.10 Å². The predicted molar refractivity (Wildman–Crippen MR) is 55.0 cm³/mol.